The summed E-state index contributed by atoms with van der Waals surface area (Å²) in [6.07, 6.45) is 6.83. The first kappa shape index (κ1) is 15.0. The highest BCUT2D eigenvalue weighted by Crippen LogP contribution is 2.33. The molecule has 0 aliphatic heterocycles. The number of hydrogen-bond donors (Lipinski definition) is 0. The van der Waals surface area contributed by atoms with Crippen molar-refractivity contribution in [3.05, 3.63) is 60.2 Å². The smallest absolute Gasteiger partial charge is 0.122 e. The lowest BCUT2D eigenvalue weighted by Crippen LogP contribution is -2.09. The summed E-state index contributed by atoms with van der Waals surface area (Å²) < 4.78 is 11.4. The highest BCUT2D eigenvalue weighted by atomic mass is 16.5. The van der Waals surface area contributed by atoms with Crippen LogP contribution in [0.15, 0.2) is 54.6 Å². The predicted molar refractivity (Wildman–Crippen MR) is 89.7 cm³/mol. The summed E-state index contributed by atoms with van der Waals surface area (Å²) in [6.45, 7) is 1.13. The Morgan fingerprint density at radius 1 is 0.682 bits per heavy atom. The predicted octanol–water partition coefficient (Wildman–Crippen LogP) is 5.19. The fourth-order valence-electron chi connectivity index (χ4n) is 3.11. The van der Waals surface area contributed by atoms with Gasteiger partial charge >= 0.3 is 0 Å². The zero-order valence-electron chi connectivity index (χ0n) is 13.0. The van der Waals surface area contributed by atoms with E-state index in [1.807, 2.05) is 30.3 Å². The SMILES string of the molecule is c1ccc(OCCOc2ccc(C3CCCCC3)cc2)cc1. The van der Waals surface area contributed by atoms with Gasteiger partial charge in [0, 0.05) is 0 Å². The normalized spacial score (nSPS) is 15.5. The number of rotatable bonds is 6. The quantitative estimate of drug-likeness (QED) is 0.683. The van der Waals surface area contributed by atoms with Gasteiger partial charge in [-0.2, -0.15) is 0 Å². The lowest BCUT2D eigenvalue weighted by Gasteiger charge is -2.22. The van der Waals surface area contributed by atoms with Crippen molar-refractivity contribution >= 4 is 0 Å². The van der Waals surface area contributed by atoms with Crippen LogP contribution in [0.4, 0.5) is 0 Å². The summed E-state index contributed by atoms with van der Waals surface area (Å²) in [5.74, 6) is 2.57. The molecular formula is C20H24O2. The first-order chi connectivity index (χ1) is 10.9. The third-order valence-corrected chi connectivity index (χ3v) is 4.32. The topological polar surface area (TPSA) is 18.5 Å². The number of hydrogen-bond acceptors (Lipinski definition) is 2. The molecule has 2 heteroatoms. The van der Waals surface area contributed by atoms with E-state index in [1.54, 1.807) is 0 Å². The molecule has 0 saturated heterocycles. The lowest BCUT2D eigenvalue weighted by molar-refractivity contribution is 0.217. The molecule has 2 aromatic carbocycles. The van der Waals surface area contributed by atoms with Crippen LogP contribution in [0, 0.1) is 0 Å². The fraction of sp³-hybridized carbons (Fsp3) is 0.400. The Morgan fingerprint density at radius 2 is 1.27 bits per heavy atom. The molecule has 22 heavy (non-hydrogen) atoms. The van der Waals surface area contributed by atoms with Crippen molar-refractivity contribution in [2.75, 3.05) is 13.2 Å². The maximum atomic E-state index is 5.75. The van der Waals surface area contributed by atoms with Crippen molar-refractivity contribution in [2.24, 2.45) is 0 Å². The highest BCUT2D eigenvalue weighted by Gasteiger charge is 2.15. The van der Waals surface area contributed by atoms with Crippen LogP contribution in [0.2, 0.25) is 0 Å². The summed E-state index contributed by atoms with van der Waals surface area (Å²) in [5, 5.41) is 0. The van der Waals surface area contributed by atoms with E-state index in [-0.39, 0.29) is 0 Å². The maximum Gasteiger partial charge on any atom is 0.122 e. The van der Waals surface area contributed by atoms with Gasteiger partial charge in [0.05, 0.1) is 0 Å². The van der Waals surface area contributed by atoms with Gasteiger partial charge in [-0.15, -0.1) is 0 Å². The van der Waals surface area contributed by atoms with Gasteiger partial charge in [-0.1, -0.05) is 49.6 Å². The summed E-state index contributed by atoms with van der Waals surface area (Å²) in [6, 6.07) is 18.5. The van der Waals surface area contributed by atoms with Gasteiger partial charge in [0.25, 0.3) is 0 Å². The largest absolute Gasteiger partial charge is 0.490 e. The van der Waals surface area contributed by atoms with Crippen molar-refractivity contribution in [3.63, 3.8) is 0 Å². The Bertz CT molecular complexity index is 542. The van der Waals surface area contributed by atoms with Crippen molar-refractivity contribution in [1.29, 1.82) is 0 Å². The molecular weight excluding hydrogens is 272 g/mol. The maximum absolute atomic E-state index is 5.75. The molecule has 0 heterocycles. The fourth-order valence-corrected chi connectivity index (χ4v) is 3.11. The summed E-state index contributed by atoms with van der Waals surface area (Å²) in [4.78, 5) is 0. The van der Waals surface area contributed by atoms with Crippen LogP contribution in [0.3, 0.4) is 0 Å². The molecule has 3 rings (SSSR count). The zero-order valence-corrected chi connectivity index (χ0v) is 13.0. The first-order valence-electron chi connectivity index (χ1n) is 8.32. The van der Waals surface area contributed by atoms with Crippen LogP contribution in [-0.2, 0) is 0 Å². The Balaban J connectivity index is 1.43. The second kappa shape index (κ2) is 7.88. The molecule has 0 atom stereocenters. The van der Waals surface area contributed by atoms with E-state index in [2.05, 4.69) is 24.3 Å². The number of ether oxygens (including phenoxy) is 2. The average Bonchev–Trinajstić information content (AvgIpc) is 2.61. The average molecular weight is 296 g/mol. The van der Waals surface area contributed by atoms with Gasteiger partial charge in [-0.3, -0.25) is 0 Å². The van der Waals surface area contributed by atoms with Gasteiger partial charge in [0.1, 0.15) is 24.7 Å². The second-order valence-corrected chi connectivity index (χ2v) is 5.91. The van der Waals surface area contributed by atoms with E-state index < -0.39 is 0 Å². The lowest BCUT2D eigenvalue weighted by atomic mass is 9.84. The molecule has 2 aromatic rings. The molecule has 116 valence electrons. The molecule has 1 aliphatic carbocycles. The van der Waals surface area contributed by atoms with E-state index in [1.165, 1.54) is 37.7 Å². The minimum atomic E-state index is 0.564. The summed E-state index contributed by atoms with van der Waals surface area (Å²) in [5.41, 5.74) is 1.47. The molecule has 0 aromatic heterocycles. The van der Waals surface area contributed by atoms with Gasteiger partial charge in [-0.05, 0) is 48.6 Å². The van der Waals surface area contributed by atoms with Crippen molar-refractivity contribution in [3.8, 4) is 11.5 Å². The molecule has 1 fully saturated rings. The van der Waals surface area contributed by atoms with Gasteiger partial charge in [0.15, 0.2) is 0 Å². The molecule has 1 aliphatic rings. The van der Waals surface area contributed by atoms with E-state index in [4.69, 9.17) is 9.47 Å². The Morgan fingerprint density at radius 3 is 1.91 bits per heavy atom. The molecule has 1 saturated carbocycles. The third kappa shape index (κ3) is 4.27. The minimum absolute atomic E-state index is 0.564. The Kier molecular flexibility index (Phi) is 5.36. The number of para-hydroxylation sites is 1. The zero-order chi connectivity index (χ0) is 15.0. The van der Waals surface area contributed by atoms with E-state index in [9.17, 15) is 0 Å². The van der Waals surface area contributed by atoms with Gasteiger partial charge in [-0.25, -0.2) is 0 Å². The molecule has 0 amide bonds. The van der Waals surface area contributed by atoms with Crippen LogP contribution in [-0.4, -0.2) is 13.2 Å². The summed E-state index contributed by atoms with van der Waals surface area (Å²) in [7, 11) is 0. The van der Waals surface area contributed by atoms with Crippen molar-refractivity contribution in [2.45, 2.75) is 38.0 Å². The van der Waals surface area contributed by atoms with Crippen molar-refractivity contribution in [1.82, 2.24) is 0 Å². The summed E-state index contributed by atoms with van der Waals surface area (Å²) >= 11 is 0. The van der Waals surface area contributed by atoms with Gasteiger partial charge < -0.3 is 9.47 Å². The molecule has 0 spiro atoms. The van der Waals surface area contributed by atoms with E-state index in [0.29, 0.717) is 13.2 Å². The Labute approximate surface area is 133 Å². The van der Waals surface area contributed by atoms with Crippen LogP contribution < -0.4 is 9.47 Å². The van der Waals surface area contributed by atoms with E-state index >= 15 is 0 Å². The molecule has 0 N–H and O–H groups in total. The highest BCUT2D eigenvalue weighted by molar-refractivity contribution is 5.29. The minimum Gasteiger partial charge on any atom is -0.490 e. The second-order valence-electron chi connectivity index (χ2n) is 5.91. The monoisotopic (exact) mass is 296 g/mol. The number of benzene rings is 2. The van der Waals surface area contributed by atoms with Gasteiger partial charge in [0.2, 0.25) is 0 Å². The van der Waals surface area contributed by atoms with Crippen molar-refractivity contribution < 1.29 is 9.47 Å². The van der Waals surface area contributed by atoms with Crippen LogP contribution >= 0.6 is 0 Å². The van der Waals surface area contributed by atoms with E-state index in [0.717, 1.165) is 17.4 Å². The third-order valence-electron chi connectivity index (χ3n) is 4.32. The Hall–Kier alpha value is -1.96. The first-order valence-corrected chi connectivity index (χ1v) is 8.32. The standard InChI is InChI=1S/C20H24O2/c1-3-7-17(8-4-1)18-11-13-20(14-12-18)22-16-15-21-19-9-5-2-6-10-19/h2,5-6,9-14,17H,1,3-4,7-8,15-16H2. The molecule has 0 radical (unpaired) electrons. The van der Waals surface area contributed by atoms with Crippen LogP contribution in [0.1, 0.15) is 43.6 Å². The van der Waals surface area contributed by atoms with Crippen LogP contribution in [0.25, 0.3) is 0 Å². The molecule has 2 nitrogen and oxygen atoms in total. The molecule has 0 unspecified atom stereocenters. The molecule has 0 bridgehead atoms. The van der Waals surface area contributed by atoms with Crippen LogP contribution in [0.5, 0.6) is 11.5 Å².